The predicted molar refractivity (Wildman–Crippen MR) is 96.5 cm³/mol. The molecule has 2 amide bonds. The fourth-order valence-electron chi connectivity index (χ4n) is 5.01. The number of nitrogens with zero attached hydrogens (tertiary/aromatic N) is 1. The van der Waals surface area contributed by atoms with Gasteiger partial charge >= 0.3 is 6.18 Å². The summed E-state index contributed by atoms with van der Waals surface area (Å²) in [5.41, 5.74) is -0.595. The minimum absolute atomic E-state index is 0.0692. The van der Waals surface area contributed by atoms with Crippen molar-refractivity contribution in [1.82, 2.24) is 15.5 Å². The number of fused-ring (bicyclic) bond motifs is 4. The van der Waals surface area contributed by atoms with Crippen molar-refractivity contribution in [3.63, 3.8) is 0 Å². The number of hydrogen-bond acceptors (Lipinski definition) is 3. The summed E-state index contributed by atoms with van der Waals surface area (Å²) in [6, 6.07) is 4.35. The Bertz CT molecular complexity index is 750. The Morgan fingerprint density at radius 2 is 1.89 bits per heavy atom. The van der Waals surface area contributed by atoms with Crippen molar-refractivity contribution < 1.29 is 22.8 Å². The number of piperidine rings is 3. The molecule has 8 heteroatoms. The van der Waals surface area contributed by atoms with E-state index in [2.05, 4.69) is 10.6 Å². The van der Waals surface area contributed by atoms with Gasteiger partial charge in [-0.2, -0.15) is 13.2 Å². The van der Waals surface area contributed by atoms with Crippen LogP contribution >= 0.6 is 0 Å². The standard InChI is InChI=1S/C20H24F3N3O2/c21-20(22,23)15-6-4-12(5-7-15)19(28)25-11-17-14-8-13(9-24-10-14)16-2-1-3-18(27)26(16)17/h4-7,13-14,16-17,24H,1-3,8-11H2,(H,25,28)/t13-,14+,16+,17+/m1/s1. The third kappa shape index (κ3) is 3.62. The van der Waals surface area contributed by atoms with Gasteiger partial charge < -0.3 is 15.5 Å². The van der Waals surface area contributed by atoms with E-state index in [1.165, 1.54) is 12.1 Å². The SMILES string of the molecule is O=C(NC[C@H]1[C@@H]2CNC[C@@H](C2)[C@@H]2CCCC(=O)N21)c1ccc(C(F)(F)F)cc1. The van der Waals surface area contributed by atoms with Crippen molar-refractivity contribution in [2.24, 2.45) is 11.8 Å². The Kier molecular flexibility index (Phi) is 5.07. The first-order valence-electron chi connectivity index (χ1n) is 9.82. The zero-order valence-corrected chi connectivity index (χ0v) is 15.5. The highest BCUT2D eigenvalue weighted by molar-refractivity contribution is 5.94. The minimum Gasteiger partial charge on any atom is -0.350 e. The molecule has 3 aliphatic heterocycles. The molecule has 2 N–H and O–H groups in total. The van der Waals surface area contributed by atoms with Crippen molar-refractivity contribution in [2.75, 3.05) is 19.6 Å². The van der Waals surface area contributed by atoms with Gasteiger partial charge in [-0.05, 0) is 61.9 Å². The Morgan fingerprint density at radius 3 is 2.61 bits per heavy atom. The van der Waals surface area contributed by atoms with Crippen LogP contribution in [-0.2, 0) is 11.0 Å². The van der Waals surface area contributed by atoms with E-state index in [9.17, 15) is 22.8 Å². The normalized spacial score (nSPS) is 30.0. The van der Waals surface area contributed by atoms with Gasteiger partial charge in [-0.25, -0.2) is 0 Å². The number of halogens is 3. The molecule has 0 saturated carbocycles. The van der Waals surface area contributed by atoms with Crippen LogP contribution in [0.3, 0.4) is 0 Å². The van der Waals surface area contributed by atoms with Gasteiger partial charge in [0.15, 0.2) is 0 Å². The summed E-state index contributed by atoms with van der Waals surface area (Å²) in [4.78, 5) is 27.1. The molecule has 5 nitrogen and oxygen atoms in total. The second-order valence-corrected chi connectivity index (χ2v) is 8.03. The van der Waals surface area contributed by atoms with Crippen molar-refractivity contribution >= 4 is 11.8 Å². The topological polar surface area (TPSA) is 61.4 Å². The molecule has 0 aromatic heterocycles. The number of benzene rings is 1. The molecule has 28 heavy (non-hydrogen) atoms. The van der Waals surface area contributed by atoms with Crippen LogP contribution in [0.25, 0.3) is 0 Å². The zero-order valence-electron chi connectivity index (χ0n) is 15.5. The van der Waals surface area contributed by atoms with E-state index in [4.69, 9.17) is 0 Å². The first-order chi connectivity index (χ1) is 13.3. The van der Waals surface area contributed by atoms with E-state index in [-0.39, 0.29) is 29.5 Å². The average molecular weight is 395 g/mol. The molecular formula is C20H24F3N3O2. The number of hydrogen-bond donors (Lipinski definition) is 2. The van der Waals surface area contributed by atoms with Crippen molar-refractivity contribution in [3.8, 4) is 0 Å². The highest BCUT2D eigenvalue weighted by atomic mass is 19.4. The van der Waals surface area contributed by atoms with Crippen LogP contribution in [0.15, 0.2) is 24.3 Å². The minimum atomic E-state index is -4.43. The van der Waals surface area contributed by atoms with E-state index >= 15 is 0 Å². The van der Waals surface area contributed by atoms with Gasteiger partial charge in [-0.1, -0.05) is 0 Å². The molecule has 2 bridgehead atoms. The molecule has 4 atom stereocenters. The molecule has 0 spiro atoms. The van der Waals surface area contributed by atoms with Crippen LogP contribution in [-0.4, -0.2) is 48.4 Å². The number of amides is 2. The van der Waals surface area contributed by atoms with Gasteiger partial charge in [0.25, 0.3) is 5.91 Å². The molecule has 1 aromatic carbocycles. The van der Waals surface area contributed by atoms with Gasteiger partial charge in [-0.15, -0.1) is 0 Å². The highest BCUT2D eigenvalue weighted by Gasteiger charge is 2.47. The summed E-state index contributed by atoms with van der Waals surface area (Å²) >= 11 is 0. The molecule has 4 rings (SSSR count). The number of alkyl halides is 3. The van der Waals surface area contributed by atoms with E-state index < -0.39 is 17.6 Å². The van der Waals surface area contributed by atoms with Crippen LogP contribution in [0.1, 0.15) is 41.6 Å². The monoisotopic (exact) mass is 395 g/mol. The summed E-state index contributed by atoms with van der Waals surface area (Å²) in [6.07, 6.45) is -0.930. The maximum Gasteiger partial charge on any atom is 0.416 e. The van der Waals surface area contributed by atoms with Crippen molar-refractivity contribution in [3.05, 3.63) is 35.4 Å². The zero-order chi connectivity index (χ0) is 19.9. The Balaban J connectivity index is 1.45. The largest absolute Gasteiger partial charge is 0.416 e. The van der Waals surface area contributed by atoms with Crippen molar-refractivity contribution in [1.29, 1.82) is 0 Å². The molecule has 3 aliphatic rings. The first kappa shape index (κ1) is 19.2. The fourth-order valence-corrected chi connectivity index (χ4v) is 5.01. The molecule has 0 unspecified atom stereocenters. The maximum absolute atomic E-state index is 12.7. The summed E-state index contributed by atoms with van der Waals surface area (Å²) in [5.74, 6) is 0.483. The summed E-state index contributed by atoms with van der Waals surface area (Å²) in [6.45, 7) is 2.06. The maximum atomic E-state index is 12.7. The number of rotatable bonds is 3. The predicted octanol–water partition coefficient (Wildman–Crippen LogP) is 2.42. The fraction of sp³-hybridized carbons (Fsp3) is 0.600. The van der Waals surface area contributed by atoms with E-state index in [1.807, 2.05) is 4.90 Å². The van der Waals surface area contributed by atoms with Crippen LogP contribution in [0.5, 0.6) is 0 Å². The second-order valence-electron chi connectivity index (χ2n) is 8.03. The number of nitrogens with one attached hydrogen (secondary N) is 2. The summed E-state index contributed by atoms with van der Waals surface area (Å²) in [7, 11) is 0. The van der Waals surface area contributed by atoms with Gasteiger partial charge in [0.2, 0.25) is 5.91 Å². The van der Waals surface area contributed by atoms with E-state index in [1.54, 1.807) is 0 Å². The average Bonchev–Trinajstić information content (AvgIpc) is 2.68. The third-order valence-corrected chi connectivity index (χ3v) is 6.35. The molecule has 3 fully saturated rings. The lowest BCUT2D eigenvalue weighted by Gasteiger charge is -2.54. The lowest BCUT2D eigenvalue weighted by atomic mass is 9.72. The van der Waals surface area contributed by atoms with Crippen LogP contribution in [0.4, 0.5) is 13.2 Å². The Morgan fingerprint density at radius 1 is 1.18 bits per heavy atom. The highest BCUT2D eigenvalue weighted by Crippen LogP contribution is 2.39. The molecule has 1 aromatic rings. The van der Waals surface area contributed by atoms with Gasteiger partial charge in [0.05, 0.1) is 11.6 Å². The van der Waals surface area contributed by atoms with Crippen LogP contribution < -0.4 is 10.6 Å². The Hall–Kier alpha value is -2.09. The second kappa shape index (κ2) is 7.39. The molecule has 0 radical (unpaired) electrons. The summed E-state index contributed by atoms with van der Waals surface area (Å²) in [5, 5.41) is 6.29. The van der Waals surface area contributed by atoms with E-state index in [0.29, 0.717) is 18.9 Å². The number of carbonyl (C=O) groups excluding carboxylic acids is 2. The quantitative estimate of drug-likeness (QED) is 0.827. The molecule has 3 saturated heterocycles. The third-order valence-electron chi connectivity index (χ3n) is 6.35. The molecule has 0 aliphatic carbocycles. The summed E-state index contributed by atoms with van der Waals surface area (Å²) < 4.78 is 38.0. The lowest BCUT2D eigenvalue weighted by Crippen LogP contribution is -2.66. The number of carbonyl (C=O) groups is 2. The Labute approximate surface area is 161 Å². The van der Waals surface area contributed by atoms with E-state index in [0.717, 1.165) is 44.5 Å². The van der Waals surface area contributed by atoms with Crippen LogP contribution in [0, 0.1) is 11.8 Å². The van der Waals surface area contributed by atoms with Gasteiger partial charge in [-0.3, -0.25) is 9.59 Å². The smallest absolute Gasteiger partial charge is 0.350 e. The molecular weight excluding hydrogens is 371 g/mol. The van der Waals surface area contributed by atoms with Crippen molar-refractivity contribution in [2.45, 2.75) is 43.9 Å². The molecule has 152 valence electrons. The first-order valence-corrected chi connectivity index (χ1v) is 9.82. The van der Waals surface area contributed by atoms with Gasteiger partial charge in [0.1, 0.15) is 0 Å². The van der Waals surface area contributed by atoms with Gasteiger partial charge in [0, 0.05) is 31.1 Å². The van der Waals surface area contributed by atoms with Crippen LogP contribution in [0.2, 0.25) is 0 Å². The molecule has 3 heterocycles. The lowest BCUT2D eigenvalue weighted by molar-refractivity contribution is -0.149.